The summed E-state index contributed by atoms with van der Waals surface area (Å²) in [5.74, 6) is -8.13. The van der Waals surface area contributed by atoms with Crippen molar-refractivity contribution in [1.82, 2.24) is 9.80 Å². The summed E-state index contributed by atoms with van der Waals surface area (Å²) in [7, 11) is 1.18. The molecule has 4 aliphatic carbocycles. The number of cyclic esters (lactones) is 1. The lowest BCUT2D eigenvalue weighted by atomic mass is 9.45. The highest BCUT2D eigenvalue weighted by atomic mass is 19.1. The van der Waals surface area contributed by atoms with Crippen molar-refractivity contribution in [1.29, 1.82) is 0 Å². The maximum absolute atomic E-state index is 17.9. The van der Waals surface area contributed by atoms with Crippen LogP contribution in [0.5, 0.6) is 0 Å². The zero-order chi connectivity index (χ0) is 51.3. The fraction of sp³-hybridized carbons (Fsp3) is 0.843. The van der Waals surface area contributed by atoms with E-state index in [9.17, 15) is 49.8 Å². The van der Waals surface area contributed by atoms with Gasteiger partial charge in [-0.2, -0.15) is 0 Å². The van der Waals surface area contributed by atoms with Crippen molar-refractivity contribution in [2.75, 3.05) is 39.8 Å². The zero-order valence-electron chi connectivity index (χ0n) is 42.5. The lowest BCUT2D eigenvalue weighted by molar-refractivity contribution is -0.234. The van der Waals surface area contributed by atoms with E-state index in [0.717, 1.165) is 0 Å². The summed E-state index contributed by atoms with van der Waals surface area (Å²) >= 11 is 0. The van der Waals surface area contributed by atoms with E-state index in [2.05, 4.69) is 0 Å². The number of allylic oxidation sites excluding steroid dienone is 4. The molecule has 5 aliphatic rings. The van der Waals surface area contributed by atoms with E-state index in [0.29, 0.717) is 32.6 Å². The average molecular weight is 969 g/mol. The number of aliphatic hydroxyl groups is 6. The molecule has 0 bridgehead atoms. The molecule has 0 aromatic carbocycles. The molecule has 6 N–H and O–H groups in total. The van der Waals surface area contributed by atoms with Gasteiger partial charge in [0.25, 0.3) is 0 Å². The molecule has 3 fully saturated rings. The van der Waals surface area contributed by atoms with E-state index < -0.39 is 123 Å². The Morgan fingerprint density at radius 3 is 2.21 bits per heavy atom. The minimum absolute atomic E-state index is 0.0264. The van der Waals surface area contributed by atoms with E-state index in [1.165, 1.54) is 47.0 Å². The number of rotatable bonds is 11. The number of carbonyl (C=O) groups excluding carboxylic acids is 4. The second kappa shape index (κ2) is 20.7. The van der Waals surface area contributed by atoms with Crippen molar-refractivity contribution in [3.05, 3.63) is 23.6 Å². The van der Waals surface area contributed by atoms with Gasteiger partial charge in [0.05, 0.1) is 43.4 Å². The number of hydrogen-bond donors (Lipinski definition) is 6. The van der Waals surface area contributed by atoms with E-state index in [-0.39, 0.29) is 68.8 Å². The Kier molecular flexibility index (Phi) is 17.0. The molecule has 2 unspecified atom stereocenters. The van der Waals surface area contributed by atoms with Gasteiger partial charge in [-0.15, -0.1) is 0 Å². The van der Waals surface area contributed by atoms with E-state index in [4.69, 9.17) is 14.2 Å². The molecule has 17 heteroatoms. The molecule has 2 saturated carbocycles. The second-order valence-corrected chi connectivity index (χ2v) is 22.3. The Morgan fingerprint density at radius 1 is 0.956 bits per heavy atom. The SMILES string of the molecule is CC[C@H]1OC(=O)[C@H](C)[C@@H](O)[C@H](C)[C@@H](O)[C@](C)(O)C[C@@H](C)CN(CCCN(CC)CCC(=O)O[C@]2(C(=O)OC)[C@H](C)CC3C4CC(F)=C5CC(=O)C=C[C@]5(C)[C@@]4(F)[C@@H](O)C[C@@]32C)[C@H](C)[C@@H](O)[C@]1(C)O. The predicted octanol–water partition coefficient (Wildman–Crippen LogP) is 4.37. The van der Waals surface area contributed by atoms with Crippen molar-refractivity contribution in [2.24, 2.45) is 46.3 Å². The summed E-state index contributed by atoms with van der Waals surface area (Å²) in [4.78, 5) is 57.8. The number of halogens is 2. The highest BCUT2D eigenvalue weighted by Gasteiger charge is 2.78. The largest absolute Gasteiger partial charge is 0.466 e. The molecule has 1 aliphatic heterocycles. The molecule has 0 aromatic heterocycles. The zero-order valence-corrected chi connectivity index (χ0v) is 42.5. The minimum atomic E-state index is -2.37. The summed E-state index contributed by atoms with van der Waals surface area (Å²) < 4.78 is 51.3. The number of carbonyl (C=O) groups is 4. The molecule has 0 spiro atoms. The van der Waals surface area contributed by atoms with Crippen molar-refractivity contribution < 1.29 is 72.8 Å². The van der Waals surface area contributed by atoms with Gasteiger partial charge in [-0.1, -0.05) is 47.6 Å². The summed E-state index contributed by atoms with van der Waals surface area (Å²) in [5.41, 5.74) is -10.8. The minimum Gasteiger partial charge on any atom is -0.466 e. The van der Waals surface area contributed by atoms with Crippen molar-refractivity contribution >= 4 is 23.7 Å². The molecule has 5 rings (SSSR count). The van der Waals surface area contributed by atoms with Gasteiger partial charge in [-0.3, -0.25) is 19.3 Å². The Balaban J connectivity index is 1.32. The van der Waals surface area contributed by atoms with Crippen LogP contribution in [-0.2, 0) is 33.4 Å². The quantitative estimate of drug-likeness (QED) is 0.125. The van der Waals surface area contributed by atoms with Crippen LogP contribution >= 0.6 is 0 Å². The molecule has 15 nitrogen and oxygen atoms in total. The number of aliphatic hydroxyl groups excluding tert-OH is 4. The highest BCUT2D eigenvalue weighted by Crippen LogP contribution is 2.72. The predicted molar refractivity (Wildman–Crippen MR) is 248 cm³/mol. The number of methoxy groups -OCH3 is 1. The van der Waals surface area contributed by atoms with Gasteiger partial charge in [0.2, 0.25) is 5.60 Å². The average Bonchev–Trinajstić information content (AvgIpc) is 3.49. The highest BCUT2D eigenvalue weighted by molar-refractivity contribution is 5.93. The first kappa shape index (κ1) is 56.0. The number of ketones is 1. The van der Waals surface area contributed by atoms with Crippen LogP contribution in [-0.4, -0.2) is 163 Å². The van der Waals surface area contributed by atoms with Crippen LogP contribution in [0.4, 0.5) is 8.78 Å². The Hall–Kier alpha value is -2.90. The first-order chi connectivity index (χ1) is 31.5. The molecule has 0 amide bonds. The van der Waals surface area contributed by atoms with E-state index in [1.54, 1.807) is 34.6 Å². The molecule has 68 heavy (non-hydrogen) atoms. The third-order valence-corrected chi connectivity index (χ3v) is 17.7. The Bertz CT molecular complexity index is 1930. The normalized spacial score (nSPS) is 45.1. The lowest BCUT2D eigenvalue weighted by Gasteiger charge is -2.62. The summed E-state index contributed by atoms with van der Waals surface area (Å²) in [5, 5.41) is 69.4. The summed E-state index contributed by atoms with van der Waals surface area (Å²) in [6.45, 7) is 20.0. The van der Waals surface area contributed by atoms with Crippen molar-refractivity contribution in [3.63, 3.8) is 0 Å². The number of hydrogen-bond acceptors (Lipinski definition) is 15. The van der Waals surface area contributed by atoms with Gasteiger partial charge in [0.1, 0.15) is 23.6 Å². The smallest absolute Gasteiger partial charge is 0.351 e. The number of fused-ring (bicyclic) bond motifs is 5. The summed E-state index contributed by atoms with van der Waals surface area (Å²) in [6.07, 6.45) is -4.57. The maximum atomic E-state index is 17.9. The summed E-state index contributed by atoms with van der Waals surface area (Å²) in [6, 6.07) is -0.699. The molecule has 1 saturated heterocycles. The van der Waals surface area contributed by atoms with Crippen LogP contribution in [0, 0.1) is 46.3 Å². The van der Waals surface area contributed by atoms with Crippen molar-refractivity contribution in [2.45, 2.75) is 187 Å². The molecule has 18 atom stereocenters. The van der Waals surface area contributed by atoms with Gasteiger partial charge < -0.3 is 49.7 Å². The maximum Gasteiger partial charge on any atom is 0.351 e. The second-order valence-electron chi connectivity index (χ2n) is 22.3. The molecule has 0 aromatic rings. The fourth-order valence-electron chi connectivity index (χ4n) is 13.6. The van der Waals surface area contributed by atoms with Gasteiger partial charge in [-0.25, -0.2) is 13.6 Å². The number of nitrogens with zero attached hydrogens (tertiary/aromatic N) is 2. The van der Waals surface area contributed by atoms with E-state index >= 15 is 8.78 Å². The first-order valence-electron chi connectivity index (χ1n) is 24.9. The van der Waals surface area contributed by atoms with Crippen LogP contribution in [0.1, 0.15) is 128 Å². The first-order valence-corrected chi connectivity index (χ1v) is 24.9. The molecular weight excluding hydrogens is 887 g/mol. The van der Waals surface area contributed by atoms with Gasteiger partial charge in [0, 0.05) is 60.6 Å². The Morgan fingerprint density at radius 2 is 1.60 bits per heavy atom. The van der Waals surface area contributed by atoms with Gasteiger partial charge >= 0.3 is 17.9 Å². The molecule has 1 heterocycles. The number of ether oxygens (including phenoxy) is 3. The lowest BCUT2D eigenvalue weighted by Crippen LogP contribution is -2.70. The van der Waals surface area contributed by atoms with Crippen LogP contribution in [0.25, 0.3) is 0 Å². The van der Waals surface area contributed by atoms with Gasteiger partial charge in [-0.05, 0) is 110 Å². The van der Waals surface area contributed by atoms with Gasteiger partial charge in [0.15, 0.2) is 11.5 Å². The van der Waals surface area contributed by atoms with Crippen LogP contribution in [0.3, 0.4) is 0 Å². The van der Waals surface area contributed by atoms with Crippen molar-refractivity contribution in [3.8, 4) is 0 Å². The Labute approximate surface area is 401 Å². The van der Waals surface area contributed by atoms with E-state index in [1.807, 2.05) is 23.6 Å². The fourth-order valence-corrected chi connectivity index (χ4v) is 13.6. The molecule has 388 valence electrons. The third kappa shape index (κ3) is 9.61. The standard InChI is InChI=1S/C51H82F2N2O13/c1-13-39-49(11,65)43(61)32(7)55(27-28(3)25-48(10,64)42(60)30(5)41(59)31(6)44(62)67-39)20-15-19-54(14-2)21-17-40(58)68-51(45(63)66-12)29(4)22-34-35-24-37(52)36-23-33(56)16-18-46(36,8)50(35,53)38(57)26-47(34,51)9/h16,18,28-32,34-35,38-39,41-43,57,59-61,64-65H,13-15,17,19-27H2,1-12H3/t28-,29-,30+,31-,32-,34?,35?,38+,39-,41+,42-,43-,46+,47+,48-,49-,50+,51+/m1/s1. The number of alkyl halides is 1. The molecule has 0 radical (unpaired) electrons. The van der Waals surface area contributed by atoms with Crippen LogP contribution in [0.2, 0.25) is 0 Å². The molecular formula is C51H82F2N2O13. The third-order valence-electron chi connectivity index (χ3n) is 17.7. The van der Waals surface area contributed by atoms with Crippen LogP contribution in [0.15, 0.2) is 23.6 Å². The van der Waals surface area contributed by atoms with Crippen LogP contribution < -0.4 is 0 Å². The topological polar surface area (TPSA) is 224 Å². The monoisotopic (exact) mass is 969 g/mol. The number of esters is 3.